The highest BCUT2D eigenvalue weighted by atomic mass is 16.5. The van der Waals surface area contributed by atoms with E-state index in [1.54, 1.807) is 19.0 Å². The maximum absolute atomic E-state index is 12.3. The minimum atomic E-state index is -0.223. The molecule has 1 aliphatic rings. The van der Waals surface area contributed by atoms with E-state index in [9.17, 15) is 4.79 Å². The van der Waals surface area contributed by atoms with Crippen LogP contribution in [0.5, 0.6) is 5.88 Å². The second-order valence-electron chi connectivity index (χ2n) is 9.54. The molecule has 0 saturated heterocycles. The minimum absolute atomic E-state index is 0.129. The topological polar surface area (TPSA) is 148 Å². The fourth-order valence-corrected chi connectivity index (χ4v) is 3.88. The lowest BCUT2D eigenvalue weighted by atomic mass is 10.1. The van der Waals surface area contributed by atoms with Crippen LogP contribution in [0, 0.1) is 11.3 Å². The first-order valence-corrected chi connectivity index (χ1v) is 12.9. The molecule has 1 aliphatic heterocycles. The number of nitrogens with one attached hydrogen (secondary N) is 2. The number of carbonyl (C=O) groups excluding carboxylic acids is 1. The zero-order valence-corrected chi connectivity index (χ0v) is 23.0. The maximum Gasteiger partial charge on any atom is 0.247 e. The molecule has 0 spiro atoms. The molecule has 0 aliphatic carbocycles. The molecule has 40 heavy (non-hydrogen) atoms. The third-order valence-corrected chi connectivity index (χ3v) is 5.89. The molecule has 12 nitrogen and oxygen atoms in total. The third kappa shape index (κ3) is 6.50. The summed E-state index contributed by atoms with van der Waals surface area (Å²) in [7, 11) is 0. The third-order valence-electron chi connectivity index (χ3n) is 5.89. The number of ether oxygens (including phenoxy) is 1. The largest absolute Gasteiger partial charge is 0.475 e. The molecule has 0 fully saturated rings. The molecule has 0 bridgehead atoms. The van der Waals surface area contributed by atoms with Gasteiger partial charge in [-0.25, -0.2) is 15.0 Å². The van der Waals surface area contributed by atoms with Crippen molar-refractivity contribution in [3.05, 3.63) is 60.8 Å². The van der Waals surface area contributed by atoms with Gasteiger partial charge in [-0.15, -0.1) is 0 Å². The Morgan fingerprint density at radius 1 is 1.10 bits per heavy atom. The van der Waals surface area contributed by atoms with Crippen molar-refractivity contribution in [1.29, 1.82) is 5.26 Å². The lowest BCUT2D eigenvalue weighted by molar-refractivity contribution is -0.115. The van der Waals surface area contributed by atoms with E-state index in [2.05, 4.69) is 56.0 Å². The molecule has 3 aromatic heterocycles. The predicted molar refractivity (Wildman–Crippen MR) is 153 cm³/mol. The van der Waals surface area contributed by atoms with Crippen LogP contribution in [0.2, 0.25) is 0 Å². The number of benzene rings is 1. The Morgan fingerprint density at radius 3 is 2.52 bits per heavy atom. The quantitative estimate of drug-likeness (QED) is 0.309. The summed E-state index contributed by atoms with van der Waals surface area (Å²) in [5.41, 5.74) is 3.62. The van der Waals surface area contributed by atoms with Gasteiger partial charge in [0.15, 0.2) is 17.0 Å². The van der Waals surface area contributed by atoms with Crippen LogP contribution in [0.1, 0.15) is 57.5 Å². The summed E-state index contributed by atoms with van der Waals surface area (Å²) in [6.07, 6.45) is 5.55. The van der Waals surface area contributed by atoms with Crippen LogP contribution >= 0.6 is 0 Å². The summed E-state index contributed by atoms with van der Waals surface area (Å²) >= 11 is 0. The van der Waals surface area contributed by atoms with Crippen molar-refractivity contribution in [2.45, 2.75) is 52.6 Å². The molecule has 0 unspecified atom stereocenters. The van der Waals surface area contributed by atoms with Gasteiger partial charge in [0.1, 0.15) is 12.3 Å². The fraction of sp³-hybridized carbons (Fsp3) is 0.321. The van der Waals surface area contributed by atoms with Crippen molar-refractivity contribution in [2.75, 3.05) is 11.9 Å². The number of imidazole rings is 2. The van der Waals surface area contributed by atoms with Gasteiger partial charge in [-0.3, -0.25) is 10.1 Å². The first-order chi connectivity index (χ1) is 19.3. The van der Waals surface area contributed by atoms with Crippen LogP contribution < -0.4 is 15.4 Å². The van der Waals surface area contributed by atoms with Crippen molar-refractivity contribution in [2.24, 2.45) is 4.99 Å². The molecule has 1 aromatic carbocycles. The molecule has 4 aromatic rings. The number of rotatable bonds is 8. The van der Waals surface area contributed by atoms with Crippen LogP contribution in [0.25, 0.3) is 16.9 Å². The minimum Gasteiger partial charge on any atom is -0.475 e. The molecule has 4 heterocycles. The number of hydrogen-bond acceptors (Lipinski definition) is 9. The SMILES string of the molecule is C=C1NC=Nc2c1ncn2C(C)C.CC(C)n1cnc2c(OCCC#N)nc(NC(=O)Cc3ccccc3)nc21. The fourth-order valence-electron chi connectivity index (χ4n) is 3.88. The van der Waals surface area contributed by atoms with Crippen molar-refractivity contribution in [3.63, 3.8) is 0 Å². The van der Waals surface area contributed by atoms with Crippen molar-refractivity contribution < 1.29 is 9.53 Å². The van der Waals surface area contributed by atoms with Crippen LogP contribution in [0.15, 0.2) is 54.6 Å². The Kier molecular flexibility index (Phi) is 8.86. The summed E-state index contributed by atoms with van der Waals surface area (Å²) in [4.78, 5) is 33.9. The lowest BCUT2D eigenvalue weighted by Crippen LogP contribution is -2.17. The summed E-state index contributed by atoms with van der Waals surface area (Å²) in [5.74, 6) is 1.07. The van der Waals surface area contributed by atoms with Gasteiger partial charge in [0.05, 0.1) is 43.6 Å². The zero-order valence-electron chi connectivity index (χ0n) is 23.0. The average Bonchev–Trinajstić information content (AvgIpc) is 3.55. The van der Waals surface area contributed by atoms with E-state index in [-0.39, 0.29) is 43.2 Å². The molecule has 0 radical (unpaired) electrons. The van der Waals surface area contributed by atoms with E-state index in [1.165, 1.54) is 0 Å². The molecule has 12 heteroatoms. The Bertz CT molecular complexity index is 1560. The van der Waals surface area contributed by atoms with Gasteiger partial charge in [0.2, 0.25) is 17.7 Å². The smallest absolute Gasteiger partial charge is 0.247 e. The Hall–Kier alpha value is -5.05. The van der Waals surface area contributed by atoms with Crippen molar-refractivity contribution in [3.8, 4) is 11.9 Å². The summed E-state index contributed by atoms with van der Waals surface area (Å²) in [5, 5.41) is 14.4. The van der Waals surface area contributed by atoms with E-state index >= 15 is 0 Å². The first kappa shape index (κ1) is 28.0. The van der Waals surface area contributed by atoms with Gasteiger partial charge in [0.25, 0.3) is 0 Å². The van der Waals surface area contributed by atoms with Crippen LogP contribution in [0.3, 0.4) is 0 Å². The van der Waals surface area contributed by atoms with E-state index in [4.69, 9.17) is 10.00 Å². The standard InChI is InChI=1S/C19H20N6O2.C9H12N4/c1-13(2)25-12-21-16-17(25)23-19(24-18(16)27-10-6-9-20)22-15(26)11-14-7-4-3-5-8-14;1-6(2)13-5-12-8-7(3)10-4-11-9(8)13/h3-5,7-8,12-13H,6,10-11H2,1-2H3,(H,22,23,24,26);4-6H,3H2,1-2H3,(H,10,11). The van der Waals surface area contributed by atoms with Crippen LogP contribution in [-0.2, 0) is 11.2 Å². The molecule has 0 saturated carbocycles. The number of hydrogen-bond donors (Lipinski definition) is 2. The van der Waals surface area contributed by atoms with Gasteiger partial charge in [-0.2, -0.15) is 15.2 Å². The monoisotopic (exact) mass is 540 g/mol. The number of aliphatic imine (C=N–C) groups is 1. The van der Waals surface area contributed by atoms with Gasteiger partial charge in [0, 0.05) is 12.1 Å². The van der Waals surface area contributed by atoms with Gasteiger partial charge in [-0.1, -0.05) is 36.9 Å². The normalized spacial score (nSPS) is 12.0. The summed E-state index contributed by atoms with van der Waals surface area (Å²) in [6.45, 7) is 12.3. The highest BCUT2D eigenvalue weighted by Gasteiger charge is 2.18. The number of fused-ring (bicyclic) bond motifs is 2. The maximum atomic E-state index is 12.3. The number of carbonyl (C=O) groups is 1. The molecular formula is C28H32N10O2. The second kappa shape index (κ2) is 12.7. The van der Waals surface area contributed by atoms with Gasteiger partial charge in [-0.05, 0) is 33.3 Å². The number of aromatic nitrogens is 6. The van der Waals surface area contributed by atoms with E-state index in [0.717, 1.165) is 22.8 Å². The number of nitrogens with zero attached hydrogens (tertiary/aromatic N) is 8. The molecule has 206 valence electrons. The average molecular weight is 541 g/mol. The number of nitriles is 1. The number of amides is 1. The highest BCUT2D eigenvalue weighted by molar-refractivity contribution is 5.91. The molecule has 0 atom stereocenters. The first-order valence-electron chi connectivity index (χ1n) is 12.9. The van der Waals surface area contributed by atoms with Crippen molar-refractivity contribution in [1.82, 2.24) is 34.4 Å². The Balaban J connectivity index is 0.000000236. The highest BCUT2D eigenvalue weighted by Crippen LogP contribution is 2.28. The molecule has 2 N–H and O–H groups in total. The van der Waals surface area contributed by atoms with Crippen LogP contribution in [0.4, 0.5) is 11.8 Å². The lowest BCUT2D eigenvalue weighted by Gasteiger charge is -2.13. The predicted octanol–water partition coefficient (Wildman–Crippen LogP) is 4.58. The Labute approximate surface area is 232 Å². The summed E-state index contributed by atoms with van der Waals surface area (Å²) < 4.78 is 9.49. The molecular weight excluding hydrogens is 508 g/mol. The van der Waals surface area contributed by atoms with E-state index in [0.29, 0.717) is 17.2 Å². The second-order valence-corrected chi connectivity index (χ2v) is 9.54. The van der Waals surface area contributed by atoms with Crippen LogP contribution in [-0.4, -0.2) is 47.9 Å². The van der Waals surface area contributed by atoms with E-state index < -0.39 is 0 Å². The number of anilines is 1. The van der Waals surface area contributed by atoms with Gasteiger partial charge < -0.3 is 19.2 Å². The van der Waals surface area contributed by atoms with Crippen molar-refractivity contribution >= 4 is 40.9 Å². The van der Waals surface area contributed by atoms with Gasteiger partial charge >= 0.3 is 0 Å². The van der Waals surface area contributed by atoms with E-state index in [1.807, 2.05) is 59.4 Å². The zero-order chi connectivity index (χ0) is 28.6. The molecule has 1 amide bonds. The Morgan fingerprint density at radius 2 is 1.82 bits per heavy atom. The molecule has 5 rings (SSSR count). The summed E-state index contributed by atoms with van der Waals surface area (Å²) in [6, 6.07) is 12.0.